The number of carbonyl (C=O) groups is 1. The van der Waals surface area contributed by atoms with Gasteiger partial charge in [0.25, 0.3) is 0 Å². The van der Waals surface area contributed by atoms with E-state index in [1.54, 1.807) is 0 Å². The van der Waals surface area contributed by atoms with Gasteiger partial charge in [-0.15, -0.1) is 0 Å². The van der Waals surface area contributed by atoms with Gasteiger partial charge in [-0.05, 0) is 41.7 Å². The maximum absolute atomic E-state index is 11.8. The molecule has 4 heteroatoms. The maximum atomic E-state index is 11.8. The largest absolute Gasteiger partial charge is 0.466 e. The molecular weight excluding hydrogens is 358 g/mol. The molecule has 140 valence electrons. The maximum Gasteiger partial charge on any atom is 0.334 e. The number of benzene rings is 2. The van der Waals surface area contributed by atoms with Crippen LogP contribution in [0.25, 0.3) is 5.57 Å². The molecular formula is C23H24ClNO2. The van der Waals surface area contributed by atoms with E-state index in [9.17, 15) is 4.79 Å². The number of esters is 1. The zero-order valence-electron chi connectivity index (χ0n) is 15.5. The van der Waals surface area contributed by atoms with E-state index in [0.29, 0.717) is 6.54 Å². The highest BCUT2D eigenvalue weighted by atomic mass is 35.5. The molecule has 0 aliphatic carbocycles. The molecule has 0 atom stereocenters. The van der Waals surface area contributed by atoms with Crippen LogP contribution < -0.4 is 0 Å². The first-order chi connectivity index (χ1) is 13.2. The number of rotatable bonds is 6. The van der Waals surface area contributed by atoms with Gasteiger partial charge in [-0.1, -0.05) is 66.2 Å². The molecule has 0 bridgehead atoms. The second-order valence-electron chi connectivity index (χ2n) is 6.57. The van der Waals surface area contributed by atoms with Crippen LogP contribution in [0.2, 0.25) is 5.02 Å². The van der Waals surface area contributed by atoms with Gasteiger partial charge in [0.15, 0.2) is 0 Å². The summed E-state index contributed by atoms with van der Waals surface area (Å²) in [6.07, 6.45) is 6.02. The van der Waals surface area contributed by atoms with E-state index >= 15 is 0 Å². The first-order valence-electron chi connectivity index (χ1n) is 9.18. The van der Waals surface area contributed by atoms with Crippen LogP contribution in [-0.4, -0.2) is 37.6 Å². The Morgan fingerprint density at radius 1 is 1.15 bits per heavy atom. The predicted molar refractivity (Wildman–Crippen MR) is 111 cm³/mol. The van der Waals surface area contributed by atoms with Crippen molar-refractivity contribution < 1.29 is 9.53 Å². The minimum atomic E-state index is -0.223. The first-order valence-corrected chi connectivity index (χ1v) is 9.56. The molecule has 0 radical (unpaired) electrons. The Hall–Kier alpha value is -2.36. The van der Waals surface area contributed by atoms with Crippen molar-refractivity contribution in [2.75, 3.05) is 26.7 Å². The molecule has 2 aromatic rings. The van der Waals surface area contributed by atoms with E-state index in [1.165, 1.54) is 18.2 Å². The zero-order valence-corrected chi connectivity index (χ0v) is 16.3. The fourth-order valence-corrected chi connectivity index (χ4v) is 3.53. The van der Waals surface area contributed by atoms with Crippen LogP contribution in [0.5, 0.6) is 0 Å². The van der Waals surface area contributed by atoms with Crippen LogP contribution >= 0.6 is 11.6 Å². The molecule has 0 aromatic heterocycles. The first kappa shape index (κ1) is 19.4. The normalized spacial score (nSPS) is 15.3. The highest BCUT2D eigenvalue weighted by Crippen LogP contribution is 2.26. The van der Waals surface area contributed by atoms with Crippen molar-refractivity contribution in [2.24, 2.45) is 0 Å². The highest BCUT2D eigenvalue weighted by Gasteiger charge is 2.18. The number of ether oxygens (including phenoxy) is 1. The predicted octanol–water partition coefficient (Wildman–Crippen LogP) is 4.97. The average molecular weight is 382 g/mol. The smallest absolute Gasteiger partial charge is 0.334 e. The summed E-state index contributed by atoms with van der Waals surface area (Å²) in [4.78, 5) is 14.0. The van der Waals surface area contributed by atoms with Gasteiger partial charge in [0.05, 0.1) is 7.11 Å². The summed E-state index contributed by atoms with van der Waals surface area (Å²) in [6.45, 7) is 2.51. The molecule has 27 heavy (non-hydrogen) atoms. The molecule has 0 amide bonds. The minimum Gasteiger partial charge on any atom is -0.466 e. The lowest BCUT2D eigenvalue weighted by Gasteiger charge is -2.25. The summed E-state index contributed by atoms with van der Waals surface area (Å²) in [5, 5.41) is 0.734. The quantitative estimate of drug-likeness (QED) is 0.662. The van der Waals surface area contributed by atoms with E-state index in [1.807, 2.05) is 42.5 Å². The Morgan fingerprint density at radius 3 is 2.67 bits per heavy atom. The van der Waals surface area contributed by atoms with E-state index in [2.05, 4.69) is 29.2 Å². The molecule has 2 aromatic carbocycles. The molecule has 0 fully saturated rings. The van der Waals surface area contributed by atoms with Gasteiger partial charge in [0.2, 0.25) is 0 Å². The molecule has 0 N–H and O–H groups in total. The molecule has 0 saturated heterocycles. The lowest BCUT2D eigenvalue weighted by molar-refractivity contribution is -0.136. The van der Waals surface area contributed by atoms with Crippen molar-refractivity contribution in [3.05, 3.63) is 88.5 Å². The van der Waals surface area contributed by atoms with Gasteiger partial charge in [0.1, 0.15) is 0 Å². The highest BCUT2D eigenvalue weighted by molar-refractivity contribution is 6.30. The van der Waals surface area contributed by atoms with E-state index in [-0.39, 0.29) is 5.97 Å². The standard InChI is InChI=1S/C23H24ClNO2/c1-27-23(26)20-11-6-14-25(17-20)15-7-13-22(18-8-3-2-4-9-18)19-10-5-12-21(24)16-19/h2-5,8-13,16H,6-7,14-15,17H2,1H3. The lowest BCUT2D eigenvalue weighted by atomic mass is 9.97. The van der Waals surface area contributed by atoms with E-state index in [4.69, 9.17) is 16.3 Å². The van der Waals surface area contributed by atoms with Crippen LogP contribution in [0, 0.1) is 0 Å². The summed E-state index contributed by atoms with van der Waals surface area (Å²) in [7, 11) is 1.43. The summed E-state index contributed by atoms with van der Waals surface area (Å²) in [6, 6.07) is 18.3. The third kappa shape index (κ3) is 5.31. The molecule has 0 unspecified atom stereocenters. The van der Waals surface area contributed by atoms with Crippen molar-refractivity contribution in [3.63, 3.8) is 0 Å². The Bertz CT molecular complexity index is 842. The average Bonchev–Trinajstić information content (AvgIpc) is 2.71. The molecule has 0 saturated carbocycles. The summed E-state index contributed by atoms with van der Waals surface area (Å²) >= 11 is 6.21. The Kier molecular flexibility index (Phi) is 6.86. The topological polar surface area (TPSA) is 29.5 Å². The number of hydrogen-bond acceptors (Lipinski definition) is 3. The molecule has 1 aliphatic heterocycles. The molecule has 0 spiro atoms. The summed E-state index contributed by atoms with van der Waals surface area (Å²) in [5.74, 6) is -0.223. The van der Waals surface area contributed by atoms with Crippen molar-refractivity contribution >= 4 is 23.1 Å². The Morgan fingerprint density at radius 2 is 1.93 bits per heavy atom. The number of halogens is 1. The Labute approximate surface area is 165 Å². The van der Waals surface area contributed by atoms with Crippen molar-refractivity contribution in [1.29, 1.82) is 0 Å². The zero-order chi connectivity index (χ0) is 19.1. The number of nitrogens with zero attached hydrogens (tertiary/aromatic N) is 1. The van der Waals surface area contributed by atoms with Crippen LogP contribution in [0.15, 0.2) is 72.3 Å². The number of hydrogen-bond donors (Lipinski definition) is 0. The Balaban J connectivity index is 1.73. The van der Waals surface area contributed by atoms with Crippen LogP contribution in [-0.2, 0) is 9.53 Å². The molecule has 3 rings (SSSR count). The second-order valence-corrected chi connectivity index (χ2v) is 7.01. The monoisotopic (exact) mass is 381 g/mol. The summed E-state index contributed by atoms with van der Waals surface area (Å²) < 4.78 is 4.85. The molecule has 1 aliphatic rings. The van der Waals surface area contributed by atoms with Gasteiger partial charge in [-0.2, -0.15) is 0 Å². The molecule has 1 heterocycles. The van der Waals surface area contributed by atoms with Gasteiger partial charge in [-0.25, -0.2) is 4.79 Å². The van der Waals surface area contributed by atoms with E-state index < -0.39 is 0 Å². The van der Waals surface area contributed by atoms with Gasteiger partial charge in [0, 0.05) is 30.2 Å². The summed E-state index contributed by atoms with van der Waals surface area (Å²) in [5.41, 5.74) is 4.22. The second kappa shape index (κ2) is 9.54. The fourth-order valence-electron chi connectivity index (χ4n) is 3.34. The van der Waals surface area contributed by atoms with Gasteiger partial charge in [-0.3, -0.25) is 4.90 Å². The van der Waals surface area contributed by atoms with Gasteiger partial charge >= 0.3 is 5.97 Å². The molecule has 3 nitrogen and oxygen atoms in total. The van der Waals surface area contributed by atoms with Crippen molar-refractivity contribution in [3.8, 4) is 0 Å². The van der Waals surface area contributed by atoms with Crippen molar-refractivity contribution in [1.82, 2.24) is 4.90 Å². The fraction of sp³-hybridized carbons (Fsp3) is 0.261. The SMILES string of the molecule is COC(=O)C1=CCCN(CCC=C(c2ccccc2)c2cccc(Cl)c2)C1. The number of carbonyl (C=O) groups excluding carboxylic acids is 1. The van der Waals surface area contributed by atoms with Crippen molar-refractivity contribution in [2.45, 2.75) is 12.8 Å². The van der Waals surface area contributed by atoms with Crippen LogP contribution in [0.3, 0.4) is 0 Å². The minimum absolute atomic E-state index is 0.223. The third-order valence-electron chi connectivity index (χ3n) is 4.69. The third-order valence-corrected chi connectivity index (χ3v) is 4.93. The lowest BCUT2D eigenvalue weighted by Crippen LogP contribution is -2.33. The van der Waals surface area contributed by atoms with E-state index in [0.717, 1.165) is 42.1 Å². The van der Waals surface area contributed by atoms with Crippen LogP contribution in [0.4, 0.5) is 0 Å². The number of methoxy groups -OCH3 is 1. The van der Waals surface area contributed by atoms with Gasteiger partial charge < -0.3 is 4.74 Å². The van der Waals surface area contributed by atoms with Crippen LogP contribution in [0.1, 0.15) is 24.0 Å².